The highest BCUT2D eigenvalue weighted by Gasteiger charge is 2.21. The minimum Gasteiger partial charge on any atom is -0.397 e. The van der Waals surface area contributed by atoms with E-state index >= 15 is 0 Å². The molecule has 4 rings (SSSR count). The highest BCUT2D eigenvalue weighted by Crippen LogP contribution is 2.36. The number of aryl methyl sites for hydroxylation is 3. The second-order valence-corrected chi connectivity index (χ2v) is 7.15. The minimum absolute atomic E-state index is 0.167. The summed E-state index contributed by atoms with van der Waals surface area (Å²) < 4.78 is 0. The van der Waals surface area contributed by atoms with Crippen LogP contribution in [-0.2, 0) is 19.3 Å². The zero-order valence-electron chi connectivity index (χ0n) is 13.6. The molecule has 2 aromatic heterocycles. The molecular weight excluding hydrogens is 318 g/mol. The second-order valence-electron chi connectivity index (χ2n) is 6.15. The summed E-state index contributed by atoms with van der Waals surface area (Å²) in [6.07, 6.45) is 4.21. The molecule has 0 radical (unpaired) electrons. The van der Waals surface area contributed by atoms with Gasteiger partial charge in [-0.05, 0) is 55.0 Å². The van der Waals surface area contributed by atoms with Crippen LogP contribution < -0.4 is 11.1 Å². The van der Waals surface area contributed by atoms with Crippen LogP contribution in [0.1, 0.15) is 39.8 Å². The summed E-state index contributed by atoms with van der Waals surface area (Å²) in [4.78, 5) is 18.7. The van der Waals surface area contributed by atoms with E-state index in [9.17, 15) is 4.79 Å². The molecule has 0 spiro atoms. The van der Waals surface area contributed by atoms with Crippen LogP contribution in [0.3, 0.4) is 0 Å². The summed E-state index contributed by atoms with van der Waals surface area (Å²) in [5.74, 6) is -0.167. The lowest BCUT2D eigenvalue weighted by Gasteiger charge is -2.05. The van der Waals surface area contributed by atoms with Crippen LogP contribution in [0.5, 0.6) is 0 Å². The fraction of sp³-hybridized carbons (Fsp3) is 0.263. The summed E-state index contributed by atoms with van der Waals surface area (Å²) in [6.45, 7) is 2.11. The van der Waals surface area contributed by atoms with Crippen molar-refractivity contribution in [1.82, 2.24) is 4.98 Å². The van der Waals surface area contributed by atoms with E-state index in [0.29, 0.717) is 10.6 Å². The number of carbonyl (C=O) groups excluding carboxylic acids is 1. The molecule has 0 atom stereocenters. The van der Waals surface area contributed by atoms with Gasteiger partial charge in [0.05, 0.1) is 5.69 Å². The van der Waals surface area contributed by atoms with Crippen molar-refractivity contribution in [2.24, 2.45) is 0 Å². The van der Waals surface area contributed by atoms with Gasteiger partial charge in [-0.25, -0.2) is 4.98 Å². The molecule has 3 N–H and O–H groups in total. The first-order valence-electron chi connectivity index (χ1n) is 8.26. The molecule has 1 aliphatic rings. The standard InChI is InChI=1S/C19H19N3OS/c1-2-11-6-8-13(9-7-11)21-18(23)17-16(20)14-10-12-4-3-5-15(12)22-19(14)24-17/h6-10H,2-5,20H2,1H3,(H,21,23). The van der Waals surface area contributed by atoms with Crippen LogP contribution in [0, 0.1) is 0 Å². The summed E-state index contributed by atoms with van der Waals surface area (Å²) >= 11 is 1.38. The lowest BCUT2D eigenvalue weighted by Crippen LogP contribution is -2.11. The normalized spacial score (nSPS) is 13.2. The van der Waals surface area contributed by atoms with Crippen molar-refractivity contribution in [3.63, 3.8) is 0 Å². The first-order chi connectivity index (χ1) is 11.7. The lowest BCUT2D eigenvalue weighted by atomic mass is 10.1. The van der Waals surface area contributed by atoms with E-state index in [4.69, 9.17) is 10.7 Å². The van der Waals surface area contributed by atoms with Crippen molar-refractivity contribution in [2.45, 2.75) is 32.6 Å². The predicted molar refractivity (Wildman–Crippen MR) is 99.8 cm³/mol. The van der Waals surface area contributed by atoms with Crippen molar-refractivity contribution < 1.29 is 4.79 Å². The molecule has 2 heterocycles. The van der Waals surface area contributed by atoms with Crippen molar-refractivity contribution >= 4 is 38.8 Å². The van der Waals surface area contributed by atoms with Gasteiger partial charge in [0, 0.05) is 16.8 Å². The van der Waals surface area contributed by atoms with Gasteiger partial charge >= 0.3 is 0 Å². The Labute approximate surface area is 144 Å². The van der Waals surface area contributed by atoms with Gasteiger partial charge in [0.2, 0.25) is 0 Å². The van der Waals surface area contributed by atoms with Gasteiger partial charge in [-0.1, -0.05) is 19.1 Å². The van der Waals surface area contributed by atoms with E-state index < -0.39 is 0 Å². The molecule has 122 valence electrons. The molecule has 4 nitrogen and oxygen atoms in total. The Morgan fingerprint density at radius 3 is 2.83 bits per heavy atom. The molecule has 0 saturated heterocycles. The molecule has 5 heteroatoms. The van der Waals surface area contributed by atoms with Gasteiger partial charge in [0.1, 0.15) is 9.71 Å². The number of thiophene rings is 1. The van der Waals surface area contributed by atoms with Crippen LogP contribution in [-0.4, -0.2) is 10.9 Å². The first kappa shape index (κ1) is 15.1. The molecule has 0 unspecified atom stereocenters. The molecule has 0 saturated carbocycles. The number of nitrogens with one attached hydrogen (secondary N) is 1. The number of hydrogen-bond donors (Lipinski definition) is 2. The van der Waals surface area contributed by atoms with Crippen LogP contribution in [0.2, 0.25) is 0 Å². The highest BCUT2D eigenvalue weighted by molar-refractivity contribution is 7.21. The van der Waals surface area contributed by atoms with Crippen LogP contribution in [0.4, 0.5) is 11.4 Å². The SMILES string of the molecule is CCc1ccc(NC(=O)c2sc3nc4c(cc3c2N)CCC4)cc1. The number of nitrogen functional groups attached to an aromatic ring is 1. The number of pyridine rings is 1. The maximum Gasteiger partial charge on any atom is 0.267 e. The first-order valence-corrected chi connectivity index (χ1v) is 9.08. The zero-order valence-corrected chi connectivity index (χ0v) is 14.4. The quantitative estimate of drug-likeness (QED) is 0.753. The van der Waals surface area contributed by atoms with Crippen molar-refractivity contribution in [2.75, 3.05) is 11.1 Å². The summed E-state index contributed by atoms with van der Waals surface area (Å²) in [6, 6.07) is 10.0. The third-order valence-corrected chi connectivity index (χ3v) is 5.69. The molecular formula is C19H19N3OS. The highest BCUT2D eigenvalue weighted by atomic mass is 32.1. The van der Waals surface area contributed by atoms with E-state index in [1.807, 2.05) is 24.3 Å². The number of aromatic nitrogens is 1. The molecule has 0 aliphatic heterocycles. The number of rotatable bonds is 3. The maximum absolute atomic E-state index is 12.6. The number of fused-ring (bicyclic) bond motifs is 2. The number of carbonyl (C=O) groups is 1. The lowest BCUT2D eigenvalue weighted by molar-refractivity contribution is 0.103. The fourth-order valence-corrected chi connectivity index (χ4v) is 4.17. The second kappa shape index (κ2) is 5.91. The third-order valence-electron chi connectivity index (χ3n) is 4.58. The fourth-order valence-electron chi connectivity index (χ4n) is 3.18. The minimum atomic E-state index is -0.167. The van der Waals surface area contributed by atoms with Crippen LogP contribution >= 0.6 is 11.3 Å². The molecule has 1 aliphatic carbocycles. The molecule has 1 amide bonds. The Balaban J connectivity index is 1.65. The number of hydrogen-bond acceptors (Lipinski definition) is 4. The zero-order chi connectivity index (χ0) is 16.7. The van der Waals surface area contributed by atoms with E-state index in [1.165, 1.54) is 22.5 Å². The largest absolute Gasteiger partial charge is 0.397 e. The van der Waals surface area contributed by atoms with E-state index in [-0.39, 0.29) is 5.91 Å². The smallest absolute Gasteiger partial charge is 0.267 e. The van der Waals surface area contributed by atoms with Crippen molar-refractivity contribution in [3.05, 3.63) is 52.0 Å². The third kappa shape index (κ3) is 2.55. The average molecular weight is 337 g/mol. The van der Waals surface area contributed by atoms with Gasteiger partial charge in [-0.2, -0.15) is 0 Å². The number of nitrogens with two attached hydrogens (primary N) is 1. The molecule has 3 aromatic rings. The summed E-state index contributed by atoms with van der Waals surface area (Å²) in [5.41, 5.74) is 11.2. The maximum atomic E-state index is 12.6. The van der Waals surface area contributed by atoms with Gasteiger partial charge in [-0.15, -0.1) is 11.3 Å². The Morgan fingerprint density at radius 1 is 1.29 bits per heavy atom. The monoisotopic (exact) mass is 337 g/mol. The molecule has 24 heavy (non-hydrogen) atoms. The predicted octanol–water partition coefficient (Wildman–Crippen LogP) is 4.18. The molecule has 0 bridgehead atoms. The Hall–Kier alpha value is -2.40. The Morgan fingerprint density at radius 2 is 2.08 bits per heavy atom. The van der Waals surface area contributed by atoms with Crippen LogP contribution in [0.15, 0.2) is 30.3 Å². The van der Waals surface area contributed by atoms with Gasteiger partial charge in [0.25, 0.3) is 5.91 Å². The van der Waals surface area contributed by atoms with E-state index in [2.05, 4.69) is 18.3 Å². The van der Waals surface area contributed by atoms with Crippen LogP contribution in [0.25, 0.3) is 10.2 Å². The van der Waals surface area contributed by atoms with E-state index in [1.54, 1.807) is 0 Å². The topological polar surface area (TPSA) is 68.0 Å². The van der Waals surface area contributed by atoms with Crippen molar-refractivity contribution in [1.29, 1.82) is 0 Å². The summed E-state index contributed by atoms with van der Waals surface area (Å²) in [7, 11) is 0. The van der Waals surface area contributed by atoms with Gasteiger partial charge < -0.3 is 11.1 Å². The number of anilines is 2. The number of amides is 1. The Bertz CT molecular complexity index is 928. The van der Waals surface area contributed by atoms with Gasteiger partial charge in [0.15, 0.2) is 0 Å². The van der Waals surface area contributed by atoms with Gasteiger partial charge in [-0.3, -0.25) is 4.79 Å². The number of benzene rings is 1. The van der Waals surface area contributed by atoms with Crippen molar-refractivity contribution in [3.8, 4) is 0 Å². The average Bonchev–Trinajstić information content (AvgIpc) is 3.18. The molecule has 1 aromatic carbocycles. The number of nitrogens with zero attached hydrogens (tertiary/aromatic N) is 1. The molecule has 0 fully saturated rings. The Kier molecular flexibility index (Phi) is 3.73. The summed E-state index contributed by atoms with van der Waals surface area (Å²) in [5, 5.41) is 3.84. The van der Waals surface area contributed by atoms with E-state index in [0.717, 1.165) is 47.3 Å².